The number of nitrogens with zero attached hydrogens (tertiary/aromatic N) is 1. The first kappa shape index (κ1) is 31.1. The molecule has 2 aromatic rings. The van der Waals surface area contributed by atoms with Crippen LogP contribution in [0, 0.1) is 0 Å². The molecule has 0 spiro atoms. The van der Waals surface area contributed by atoms with E-state index in [1.807, 2.05) is 0 Å². The van der Waals surface area contributed by atoms with Gasteiger partial charge in [0.2, 0.25) is 0 Å². The fourth-order valence-corrected chi connectivity index (χ4v) is 16.3. The summed E-state index contributed by atoms with van der Waals surface area (Å²) in [6.45, 7) is 0. The minimum absolute atomic E-state index is 0. The Morgan fingerprint density at radius 2 is 0.675 bits per heavy atom. The zero-order chi connectivity index (χ0) is 26.3. The maximum absolute atomic E-state index is 5.69. The smallest absolute Gasteiger partial charge is 0.657 e. The van der Waals surface area contributed by atoms with Gasteiger partial charge in [-0.1, -0.05) is 141 Å². The van der Waals surface area contributed by atoms with Crippen molar-refractivity contribution in [3.63, 3.8) is 0 Å². The van der Waals surface area contributed by atoms with Crippen molar-refractivity contribution in [1.29, 1.82) is 0 Å². The molecule has 1 nitrogen and oxygen atoms in total. The van der Waals surface area contributed by atoms with E-state index in [0.29, 0.717) is 0 Å². The molecule has 0 aromatic heterocycles. The van der Waals surface area contributed by atoms with E-state index < -0.39 is 0 Å². The van der Waals surface area contributed by atoms with Crippen molar-refractivity contribution >= 4 is 37.8 Å². The summed E-state index contributed by atoms with van der Waals surface area (Å²) in [5.74, 6) is 0. The summed E-state index contributed by atoms with van der Waals surface area (Å²) in [4.78, 5) is 0. The van der Waals surface area contributed by atoms with Gasteiger partial charge in [0.15, 0.2) is 0 Å². The zero-order valence-corrected chi connectivity index (χ0v) is 27.2. The van der Waals surface area contributed by atoms with Gasteiger partial charge in [-0.3, -0.25) is 0 Å². The van der Waals surface area contributed by atoms with Crippen LogP contribution in [0.5, 0.6) is 0 Å². The van der Waals surface area contributed by atoms with Crippen molar-refractivity contribution < 1.29 is 18.9 Å². The third kappa shape index (κ3) is 7.61. The molecule has 4 aliphatic carbocycles. The Morgan fingerprint density at radius 3 is 0.975 bits per heavy atom. The Morgan fingerprint density at radius 1 is 0.400 bits per heavy atom. The van der Waals surface area contributed by atoms with Crippen molar-refractivity contribution in [3.05, 3.63) is 53.8 Å². The van der Waals surface area contributed by atoms with Gasteiger partial charge < -0.3 is 5.32 Å². The van der Waals surface area contributed by atoms with Crippen molar-refractivity contribution in [2.75, 3.05) is 0 Å². The molecular formula is C36H52LiNP2. The van der Waals surface area contributed by atoms with Crippen molar-refractivity contribution in [2.24, 2.45) is 0 Å². The van der Waals surface area contributed by atoms with E-state index in [2.05, 4.69) is 48.5 Å². The maximum Gasteiger partial charge on any atom is 1.00 e. The van der Waals surface area contributed by atoms with Gasteiger partial charge in [-0.15, -0.1) is 11.4 Å². The molecule has 0 atom stereocenters. The molecule has 2 aromatic carbocycles. The summed E-state index contributed by atoms with van der Waals surface area (Å²) < 4.78 is 0. The monoisotopic (exact) mass is 567 g/mol. The molecule has 4 saturated carbocycles. The van der Waals surface area contributed by atoms with Crippen LogP contribution in [0.25, 0.3) is 5.32 Å². The van der Waals surface area contributed by atoms with Crippen LogP contribution in [0.4, 0.5) is 11.4 Å². The summed E-state index contributed by atoms with van der Waals surface area (Å²) in [6.07, 6.45) is 29.1. The average molecular weight is 568 g/mol. The Hall–Kier alpha value is -0.303. The number of rotatable bonds is 8. The molecule has 4 fully saturated rings. The molecule has 0 unspecified atom stereocenters. The molecule has 0 N–H and O–H groups in total. The third-order valence-electron chi connectivity index (χ3n) is 10.4. The van der Waals surface area contributed by atoms with Crippen LogP contribution in [0.3, 0.4) is 0 Å². The molecular weight excluding hydrogens is 515 g/mol. The summed E-state index contributed by atoms with van der Waals surface area (Å²) in [5, 5.41) is 9.00. The van der Waals surface area contributed by atoms with Crippen LogP contribution in [0.2, 0.25) is 0 Å². The van der Waals surface area contributed by atoms with E-state index in [0.717, 1.165) is 22.6 Å². The van der Waals surface area contributed by atoms with Crippen LogP contribution < -0.4 is 29.5 Å². The van der Waals surface area contributed by atoms with Crippen molar-refractivity contribution in [2.45, 2.75) is 151 Å². The second kappa shape index (κ2) is 16.0. The topological polar surface area (TPSA) is 14.1 Å². The number of hydrogen-bond acceptors (Lipinski definition) is 0. The normalized spacial score (nSPS) is 22.4. The zero-order valence-electron chi connectivity index (χ0n) is 25.4. The Balaban J connectivity index is 0.00000323. The maximum atomic E-state index is 5.69. The molecule has 0 radical (unpaired) electrons. The van der Waals surface area contributed by atoms with E-state index in [4.69, 9.17) is 5.32 Å². The van der Waals surface area contributed by atoms with Gasteiger partial charge in [0.25, 0.3) is 0 Å². The summed E-state index contributed by atoms with van der Waals surface area (Å²) in [7, 11) is -0.294. The van der Waals surface area contributed by atoms with E-state index in [1.165, 1.54) is 140 Å². The van der Waals surface area contributed by atoms with E-state index in [9.17, 15) is 0 Å². The SMILES string of the molecule is [Li+].c1ccc(P(C2CCCCC2)C2CCCCC2)c([N-]c2ccccc2P(C2CCCCC2)C2CCCCC2)c1. The molecule has 212 valence electrons. The molecule has 0 heterocycles. The molecule has 0 aliphatic heterocycles. The summed E-state index contributed by atoms with van der Waals surface area (Å²) in [5.41, 5.74) is 6.34. The van der Waals surface area contributed by atoms with Gasteiger partial charge in [0, 0.05) is 0 Å². The van der Waals surface area contributed by atoms with E-state index >= 15 is 0 Å². The first-order chi connectivity index (χ1) is 19.4. The van der Waals surface area contributed by atoms with Gasteiger partial charge in [-0.25, -0.2) is 0 Å². The first-order valence-corrected chi connectivity index (χ1v) is 19.8. The fourth-order valence-electron chi connectivity index (χ4n) is 8.50. The second-order valence-corrected chi connectivity index (χ2v) is 18.6. The van der Waals surface area contributed by atoms with Gasteiger partial charge in [0.1, 0.15) is 0 Å². The molecule has 4 heteroatoms. The Kier molecular flexibility index (Phi) is 12.4. The standard InChI is InChI=1S/C36H52NP2.Li/c1-5-17-29(18-6-1)38(30-19-7-2-8-20-30)35-27-15-13-25-33(35)37-34-26-14-16-28-36(34)39(31-21-9-3-10-22-31)32-23-11-4-12-24-32;/h13-16,25-32H,1-12,17-24H2;/q-1;+1. The predicted molar refractivity (Wildman–Crippen MR) is 176 cm³/mol. The predicted octanol–water partition coefficient (Wildman–Crippen LogP) is 8.57. The van der Waals surface area contributed by atoms with Crippen molar-refractivity contribution in [1.82, 2.24) is 0 Å². The van der Waals surface area contributed by atoms with Crippen LogP contribution >= 0.6 is 15.8 Å². The molecule has 4 aliphatic rings. The number of benzene rings is 2. The molecule has 40 heavy (non-hydrogen) atoms. The minimum Gasteiger partial charge on any atom is -0.657 e. The number of para-hydroxylation sites is 2. The van der Waals surface area contributed by atoms with Gasteiger partial charge in [-0.2, -0.15) is 0 Å². The van der Waals surface area contributed by atoms with Gasteiger partial charge >= 0.3 is 18.9 Å². The number of hydrogen-bond donors (Lipinski definition) is 0. The average Bonchev–Trinajstić information content (AvgIpc) is 3.01. The van der Waals surface area contributed by atoms with Crippen LogP contribution in [0.1, 0.15) is 128 Å². The largest absolute Gasteiger partial charge is 1.00 e. The van der Waals surface area contributed by atoms with Gasteiger partial charge in [-0.05, 0) is 84.6 Å². The van der Waals surface area contributed by atoms with E-state index in [1.54, 1.807) is 10.6 Å². The molecule has 0 amide bonds. The Bertz CT molecular complexity index is 901. The quantitative estimate of drug-likeness (QED) is 0.224. The minimum atomic E-state index is -0.147. The summed E-state index contributed by atoms with van der Waals surface area (Å²) in [6, 6.07) is 19.0. The Labute approximate surface area is 260 Å². The summed E-state index contributed by atoms with van der Waals surface area (Å²) >= 11 is 0. The fraction of sp³-hybridized carbons (Fsp3) is 0.667. The second-order valence-electron chi connectivity index (χ2n) is 13.1. The first-order valence-electron chi connectivity index (χ1n) is 16.8. The molecule has 6 rings (SSSR count). The molecule has 0 bridgehead atoms. The molecule has 0 saturated heterocycles. The van der Waals surface area contributed by atoms with Crippen LogP contribution in [-0.4, -0.2) is 22.6 Å². The van der Waals surface area contributed by atoms with E-state index in [-0.39, 0.29) is 34.7 Å². The van der Waals surface area contributed by atoms with Crippen LogP contribution in [-0.2, 0) is 0 Å². The van der Waals surface area contributed by atoms with Crippen molar-refractivity contribution in [3.8, 4) is 0 Å². The third-order valence-corrected chi connectivity index (χ3v) is 17.5. The van der Waals surface area contributed by atoms with Gasteiger partial charge in [0.05, 0.1) is 0 Å². The van der Waals surface area contributed by atoms with Crippen LogP contribution in [0.15, 0.2) is 48.5 Å².